The van der Waals surface area contributed by atoms with Crippen molar-refractivity contribution in [3.8, 4) is 0 Å². The number of hydrogen-bond donors (Lipinski definition) is 2. The number of carbonyl (C=O) groups excluding carboxylic acids is 1. The first-order chi connectivity index (χ1) is 8.06. The lowest BCUT2D eigenvalue weighted by Crippen LogP contribution is -2.38. The summed E-state index contributed by atoms with van der Waals surface area (Å²) in [6, 6.07) is 3.72. The van der Waals surface area contributed by atoms with Gasteiger partial charge in [0, 0.05) is 19.0 Å². The van der Waals surface area contributed by atoms with E-state index in [1.54, 1.807) is 11.0 Å². The molecule has 0 radical (unpaired) electrons. The molecule has 0 spiro atoms. The maximum Gasteiger partial charge on any atom is 0.264 e. The number of carbonyl (C=O) groups is 1. The summed E-state index contributed by atoms with van der Waals surface area (Å²) in [5.74, 6) is 0.121. The van der Waals surface area contributed by atoms with Crippen LogP contribution in [0.25, 0.3) is 0 Å². The van der Waals surface area contributed by atoms with E-state index in [4.69, 9.17) is 10.9 Å². The van der Waals surface area contributed by atoms with Gasteiger partial charge in [0.1, 0.15) is 5.84 Å². The highest BCUT2D eigenvalue weighted by atomic mass is 32.1. The Morgan fingerprint density at radius 1 is 1.65 bits per heavy atom. The van der Waals surface area contributed by atoms with Crippen LogP contribution in [0.3, 0.4) is 0 Å². The molecule has 0 atom stereocenters. The fourth-order valence-corrected chi connectivity index (χ4v) is 2.10. The Kier molecular flexibility index (Phi) is 4.96. The number of thiophene rings is 1. The average Bonchev–Trinajstić information content (AvgIpc) is 2.81. The molecule has 1 aromatic rings. The summed E-state index contributed by atoms with van der Waals surface area (Å²) in [7, 11) is 0. The molecule has 0 saturated heterocycles. The Morgan fingerprint density at radius 3 is 2.82 bits per heavy atom. The van der Waals surface area contributed by atoms with E-state index in [9.17, 15) is 4.79 Å². The largest absolute Gasteiger partial charge is 0.409 e. The normalized spacial score (nSPS) is 11.8. The minimum Gasteiger partial charge on any atom is -0.409 e. The monoisotopic (exact) mass is 255 g/mol. The molecular formula is C11H17N3O2S. The van der Waals surface area contributed by atoms with Gasteiger partial charge >= 0.3 is 0 Å². The van der Waals surface area contributed by atoms with Crippen LogP contribution in [0, 0.1) is 0 Å². The van der Waals surface area contributed by atoms with Gasteiger partial charge < -0.3 is 15.8 Å². The summed E-state index contributed by atoms with van der Waals surface area (Å²) in [4.78, 5) is 14.6. The zero-order valence-electron chi connectivity index (χ0n) is 9.96. The van der Waals surface area contributed by atoms with E-state index in [-0.39, 0.29) is 17.8 Å². The molecule has 6 heteroatoms. The maximum absolute atomic E-state index is 12.1. The van der Waals surface area contributed by atoms with Crippen LogP contribution in [0.15, 0.2) is 22.7 Å². The third-order valence-corrected chi connectivity index (χ3v) is 3.21. The molecule has 0 aromatic carbocycles. The zero-order chi connectivity index (χ0) is 12.8. The predicted octanol–water partition coefficient (Wildman–Crippen LogP) is 1.74. The molecule has 94 valence electrons. The maximum atomic E-state index is 12.1. The molecule has 0 aliphatic rings. The third-order valence-electron chi connectivity index (χ3n) is 2.35. The topological polar surface area (TPSA) is 78.9 Å². The minimum absolute atomic E-state index is 0.0132. The molecule has 0 unspecified atom stereocenters. The van der Waals surface area contributed by atoms with Crippen molar-refractivity contribution in [2.45, 2.75) is 26.3 Å². The second-order valence-corrected chi connectivity index (χ2v) is 4.86. The molecule has 0 aliphatic carbocycles. The lowest BCUT2D eigenvalue weighted by Gasteiger charge is -2.26. The number of amidine groups is 1. The van der Waals surface area contributed by atoms with E-state index < -0.39 is 0 Å². The van der Waals surface area contributed by atoms with Gasteiger partial charge in [0.15, 0.2) is 0 Å². The molecule has 3 N–H and O–H groups in total. The van der Waals surface area contributed by atoms with Crippen LogP contribution >= 0.6 is 11.3 Å². The van der Waals surface area contributed by atoms with Crippen LogP contribution in [0.1, 0.15) is 29.9 Å². The van der Waals surface area contributed by atoms with Crippen LogP contribution in [-0.4, -0.2) is 34.4 Å². The second kappa shape index (κ2) is 6.24. The molecular weight excluding hydrogens is 238 g/mol. The number of hydrogen-bond acceptors (Lipinski definition) is 4. The van der Waals surface area contributed by atoms with Crippen molar-refractivity contribution >= 4 is 23.1 Å². The number of oxime groups is 1. The van der Waals surface area contributed by atoms with Crippen LogP contribution in [0.5, 0.6) is 0 Å². The van der Waals surface area contributed by atoms with Gasteiger partial charge in [-0.25, -0.2) is 0 Å². The quantitative estimate of drug-likeness (QED) is 0.364. The highest BCUT2D eigenvalue weighted by molar-refractivity contribution is 7.12. The van der Waals surface area contributed by atoms with Crippen molar-refractivity contribution in [2.75, 3.05) is 6.54 Å². The molecule has 0 saturated carbocycles. The first-order valence-electron chi connectivity index (χ1n) is 5.37. The Balaban J connectivity index is 2.70. The van der Waals surface area contributed by atoms with Gasteiger partial charge in [-0.1, -0.05) is 11.2 Å². The van der Waals surface area contributed by atoms with Gasteiger partial charge in [0.25, 0.3) is 5.91 Å². The lowest BCUT2D eigenvalue weighted by atomic mass is 10.2. The summed E-state index contributed by atoms with van der Waals surface area (Å²) in [5.41, 5.74) is 5.40. The zero-order valence-corrected chi connectivity index (χ0v) is 10.8. The summed E-state index contributed by atoms with van der Waals surface area (Å²) < 4.78 is 0. The molecule has 1 aromatic heterocycles. The Hall–Kier alpha value is -1.56. The van der Waals surface area contributed by atoms with Crippen molar-refractivity contribution in [2.24, 2.45) is 10.9 Å². The predicted molar refractivity (Wildman–Crippen MR) is 68.5 cm³/mol. The standard InChI is InChI=1S/C11H17N3O2S/c1-8(2)14(6-5-10(12)13-16)11(15)9-4-3-7-17-9/h3-4,7-8,16H,5-6H2,1-2H3,(H2,12,13). The first-order valence-corrected chi connectivity index (χ1v) is 6.25. The number of nitrogens with zero attached hydrogens (tertiary/aromatic N) is 2. The molecule has 5 nitrogen and oxygen atoms in total. The summed E-state index contributed by atoms with van der Waals surface area (Å²) >= 11 is 1.41. The third kappa shape index (κ3) is 3.74. The average molecular weight is 255 g/mol. The second-order valence-electron chi connectivity index (χ2n) is 3.91. The van der Waals surface area contributed by atoms with Crippen molar-refractivity contribution in [1.29, 1.82) is 0 Å². The van der Waals surface area contributed by atoms with Gasteiger partial charge in [-0.3, -0.25) is 4.79 Å². The van der Waals surface area contributed by atoms with E-state index >= 15 is 0 Å². The molecule has 17 heavy (non-hydrogen) atoms. The number of amides is 1. The van der Waals surface area contributed by atoms with Gasteiger partial charge in [-0.2, -0.15) is 0 Å². The SMILES string of the molecule is CC(C)N(CCC(N)=NO)C(=O)c1cccs1. The Morgan fingerprint density at radius 2 is 2.35 bits per heavy atom. The molecule has 0 aliphatic heterocycles. The van der Waals surface area contributed by atoms with Crippen LogP contribution in [0.4, 0.5) is 0 Å². The summed E-state index contributed by atoms with van der Waals surface area (Å²) in [5, 5.41) is 13.2. The first kappa shape index (κ1) is 13.5. The Labute approximate surface area is 105 Å². The van der Waals surface area contributed by atoms with Gasteiger partial charge in [-0.15, -0.1) is 11.3 Å². The molecule has 1 amide bonds. The van der Waals surface area contributed by atoms with Crippen LogP contribution in [-0.2, 0) is 0 Å². The van der Waals surface area contributed by atoms with Crippen LogP contribution in [0.2, 0.25) is 0 Å². The van der Waals surface area contributed by atoms with E-state index in [0.717, 1.165) is 0 Å². The van der Waals surface area contributed by atoms with Crippen molar-refractivity contribution < 1.29 is 10.0 Å². The van der Waals surface area contributed by atoms with Crippen LogP contribution < -0.4 is 5.73 Å². The molecule has 0 bridgehead atoms. The molecule has 0 fully saturated rings. The van der Waals surface area contributed by atoms with Gasteiger partial charge in [0.2, 0.25) is 0 Å². The van der Waals surface area contributed by atoms with Crippen molar-refractivity contribution in [3.05, 3.63) is 22.4 Å². The number of rotatable bonds is 5. The highest BCUT2D eigenvalue weighted by Crippen LogP contribution is 2.14. The minimum atomic E-state index is -0.0132. The highest BCUT2D eigenvalue weighted by Gasteiger charge is 2.19. The van der Waals surface area contributed by atoms with Gasteiger partial charge in [-0.05, 0) is 25.3 Å². The summed E-state index contributed by atoms with van der Waals surface area (Å²) in [6.45, 7) is 4.33. The van der Waals surface area contributed by atoms with E-state index in [0.29, 0.717) is 17.8 Å². The van der Waals surface area contributed by atoms with E-state index in [1.807, 2.05) is 25.3 Å². The number of nitrogens with two attached hydrogens (primary N) is 1. The molecule has 1 rings (SSSR count). The lowest BCUT2D eigenvalue weighted by molar-refractivity contribution is 0.0716. The van der Waals surface area contributed by atoms with Crippen molar-refractivity contribution in [1.82, 2.24) is 4.90 Å². The van der Waals surface area contributed by atoms with E-state index in [1.165, 1.54) is 11.3 Å². The van der Waals surface area contributed by atoms with Gasteiger partial charge in [0.05, 0.1) is 4.88 Å². The van der Waals surface area contributed by atoms with E-state index in [2.05, 4.69) is 5.16 Å². The molecule has 1 heterocycles. The summed E-state index contributed by atoms with van der Waals surface area (Å²) in [6.07, 6.45) is 0.367. The smallest absolute Gasteiger partial charge is 0.264 e. The Bertz CT molecular complexity index is 387. The fourth-order valence-electron chi connectivity index (χ4n) is 1.42. The van der Waals surface area contributed by atoms with Crippen molar-refractivity contribution in [3.63, 3.8) is 0 Å². The fraction of sp³-hybridized carbons (Fsp3) is 0.455.